The van der Waals surface area contributed by atoms with Gasteiger partial charge in [0.15, 0.2) is 0 Å². The van der Waals surface area contributed by atoms with E-state index >= 15 is 0 Å². The lowest BCUT2D eigenvalue weighted by Crippen LogP contribution is -2.54. The zero-order chi connectivity index (χ0) is 9.35. The number of hydrogen-bond donors (Lipinski definition) is 0. The number of carbonyl (C=O) groups excluding carboxylic acids is 1. The van der Waals surface area contributed by atoms with E-state index in [-0.39, 0.29) is 11.3 Å². The molecule has 12 heavy (non-hydrogen) atoms. The molecular formula is C10H18O2. The van der Waals surface area contributed by atoms with Crippen molar-refractivity contribution in [3.63, 3.8) is 0 Å². The maximum Gasteiger partial charge on any atom is 0.146 e. The third-order valence-electron chi connectivity index (χ3n) is 2.84. The van der Waals surface area contributed by atoms with Crippen LogP contribution in [-0.4, -0.2) is 19.0 Å². The van der Waals surface area contributed by atoms with E-state index in [0.717, 1.165) is 0 Å². The van der Waals surface area contributed by atoms with Crippen molar-refractivity contribution in [3.05, 3.63) is 0 Å². The summed E-state index contributed by atoms with van der Waals surface area (Å²) in [5.41, 5.74) is -0.159. The van der Waals surface area contributed by atoms with Crippen molar-refractivity contribution in [1.29, 1.82) is 0 Å². The van der Waals surface area contributed by atoms with Crippen LogP contribution in [0.3, 0.4) is 0 Å². The monoisotopic (exact) mass is 170 g/mol. The van der Waals surface area contributed by atoms with Gasteiger partial charge >= 0.3 is 0 Å². The van der Waals surface area contributed by atoms with Crippen molar-refractivity contribution in [3.8, 4) is 0 Å². The summed E-state index contributed by atoms with van der Waals surface area (Å²) in [4.78, 5) is 11.8. The lowest BCUT2D eigenvalue weighted by molar-refractivity contribution is -0.172. The van der Waals surface area contributed by atoms with E-state index in [0.29, 0.717) is 24.9 Å². The Kier molecular flexibility index (Phi) is 2.57. The average molecular weight is 170 g/mol. The Morgan fingerprint density at radius 1 is 1.25 bits per heavy atom. The van der Waals surface area contributed by atoms with Crippen LogP contribution in [0.2, 0.25) is 0 Å². The minimum absolute atomic E-state index is 0.135. The van der Waals surface area contributed by atoms with E-state index in [1.165, 1.54) is 0 Å². The van der Waals surface area contributed by atoms with Gasteiger partial charge in [0.1, 0.15) is 5.78 Å². The third kappa shape index (κ3) is 1.28. The fraction of sp³-hybridized carbons (Fsp3) is 0.900. The molecule has 0 unspecified atom stereocenters. The Labute approximate surface area is 74.3 Å². The Balaban J connectivity index is 2.74. The molecule has 0 atom stereocenters. The van der Waals surface area contributed by atoms with Crippen molar-refractivity contribution in [2.75, 3.05) is 13.2 Å². The number of Topliss-reactive ketones (excluding diaryl/α,β-unsaturated/α-hetero) is 1. The number of carbonyl (C=O) groups is 1. The zero-order valence-electron chi connectivity index (χ0n) is 8.39. The molecule has 0 aromatic heterocycles. The summed E-state index contributed by atoms with van der Waals surface area (Å²) in [6.07, 6.45) is 0. The van der Waals surface area contributed by atoms with Crippen LogP contribution in [0.25, 0.3) is 0 Å². The molecule has 0 aromatic carbocycles. The SMILES string of the molecule is CC(C)C(=O)C1(C(C)C)COC1. The molecule has 0 aromatic rings. The normalized spacial score (nSPS) is 21.2. The molecule has 1 heterocycles. The summed E-state index contributed by atoms with van der Waals surface area (Å²) in [5, 5.41) is 0. The molecule has 1 saturated heterocycles. The molecule has 1 aliphatic heterocycles. The fourth-order valence-corrected chi connectivity index (χ4v) is 1.66. The van der Waals surface area contributed by atoms with E-state index in [1.54, 1.807) is 0 Å². The lowest BCUT2D eigenvalue weighted by Gasteiger charge is -2.44. The standard InChI is InChI=1S/C10H18O2/c1-7(2)9(11)10(8(3)4)5-12-6-10/h7-8H,5-6H2,1-4H3. The van der Waals surface area contributed by atoms with Crippen LogP contribution >= 0.6 is 0 Å². The molecule has 2 nitrogen and oxygen atoms in total. The smallest absolute Gasteiger partial charge is 0.146 e. The second kappa shape index (κ2) is 3.17. The van der Waals surface area contributed by atoms with Crippen LogP contribution in [0, 0.1) is 17.3 Å². The van der Waals surface area contributed by atoms with Crippen molar-refractivity contribution in [2.24, 2.45) is 17.3 Å². The van der Waals surface area contributed by atoms with E-state index in [9.17, 15) is 4.79 Å². The van der Waals surface area contributed by atoms with E-state index in [1.807, 2.05) is 13.8 Å². The first-order valence-electron chi connectivity index (χ1n) is 4.63. The van der Waals surface area contributed by atoms with Gasteiger partial charge in [-0.2, -0.15) is 0 Å². The lowest BCUT2D eigenvalue weighted by atomic mass is 9.69. The molecule has 0 spiro atoms. The first kappa shape index (κ1) is 9.72. The summed E-state index contributed by atoms with van der Waals surface area (Å²) < 4.78 is 5.15. The van der Waals surface area contributed by atoms with Gasteiger partial charge in [-0.3, -0.25) is 4.79 Å². The van der Waals surface area contributed by atoms with Gasteiger partial charge in [0.2, 0.25) is 0 Å². The van der Waals surface area contributed by atoms with Crippen molar-refractivity contribution >= 4 is 5.78 Å². The van der Waals surface area contributed by atoms with Gasteiger partial charge in [-0.15, -0.1) is 0 Å². The summed E-state index contributed by atoms with van der Waals surface area (Å²) in [5.74, 6) is 0.904. The first-order chi connectivity index (χ1) is 5.50. The molecule has 0 saturated carbocycles. The number of ether oxygens (including phenoxy) is 1. The van der Waals surface area contributed by atoms with Crippen LogP contribution in [0.5, 0.6) is 0 Å². The maximum atomic E-state index is 11.8. The predicted molar refractivity (Wildman–Crippen MR) is 47.9 cm³/mol. The van der Waals surface area contributed by atoms with Crippen molar-refractivity contribution in [2.45, 2.75) is 27.7 Å². The molecule has 1 fully saturated rings. The van der Waals surface area contributed by atoms with Gasteiger partial charge in [0.05, 0.1) is 18.6 Å². The highest BCUT2D eigenvalue weighted by molar-refractivity contribution is 5.87. The van der Waals surface area contributed by atoms with Crippen LogP contribution in [0.15, 0.2) is 0 Å². The van der Waals surface area contributed by atoms with E-state index in [4.69, 9.17) is 4.74 Å². The Hall–Kier alpha value is -0.370. The molecule has 0 aliphatic carbocycles. The maximum absolute atomic E-state index is 11.8. The highest BCUT2D eigenvalue weighted by Gasteiger charge is 2.48. The predicted octanol–water partition coefficient (Wildman–Crippen LogP) is 1.88. The van der Waals surface area contributed by atoms with Gasteiger partial charge < -0.3 is 4.74 Å². The highest BCUT2D eigenvalue weighted by atomic mass is 16.5. The fourth-order valence-electron chi connectivity index (χ4n) is 1.66. The zero-order valence-corrected chi connectivity index (χ0v) is 8.39. The molecule has 2 heteroatoms. The quantitative estimate of drug-likeness (QED) is 0.646. The number of rotatable bonds is 3. The Morgan fingerprint density at radius 2 is 1.75 bits per heavy atom. The van der Waals surface area contributed by atoms with Gasteiger partial charge in [-0.05, 0) is 5.92 Å². The Bertz CT molecular complexity index is 178. The third-order valence-corrected chi connectivity index (χ3v) is 2.84. The molecule has 0 bridgehead atoms. The van der Waals surface area contributed by atoms with Crippen molar-refractivity contribution in [1.82, 2.24) is 0 Å². The number of hydrogen-bond acceptors (Lipinski definition) is 2. The van der Waals surface area contributed by atoms with Crippen LogP contribution in [0.1, 0.15) is 27.7 Å². The second-order valence-corrected chi connectivity index (χ2v) is 4.32. The number of ketones is 1. The topological polar surface area (TPSA) is 26.3 Å². The largest absolute Gasteiger partial charge is 0.379 e. The molecule has 1 aliphatic rings. The molecule has 0 radical (unpaired) electrons. The second-order valence-electron chi connectivity index (χ2n) is 4.32. The highest BCUT2D eigenvalue weighted by Crippen LogP contribution is 2.38. The summed E-state index contributed by atoms with van der Waals surface area (Å²) in [6, 6.07) is 0. The molecule has 0 amide bonds. The summed E-state index contributed by atoms with van der Waals surface area (Å²) in [7, 11) is 0. The van der Waals surface area contributed by atoms with Crippen LogP contribution in [0.4, 0.5) is 0 Å². The molecule has 1 rings (SSSR count). The average Bonchev–Trinajstić information content (AvgIpc) is 1.83. The van der Waals surface area contributed by atoms with Gasteiger partial charge in [0, 0.05) is 5.92 Å². The molecule has 0 N–H and O–H groups in total. The Morgan fingerprint density at radius 3 is 1.83 bits per heavy atom. The minimum atomic E-state index is -0.159. The molecular weight excluding hydrogens is 152 g/mol. The minimum Gasteiger partial charge on any atom is -0.379 e. The van der Waals surface area contributed by atoms with E-state index in [2.05, 4.69) is 13.8 Å². The van der Waals surface area contributed by atoms with Gasteiger partial charge in [0.25, 0.3) is 0 Å². The van der Waals surface area contributed by atoms with Gasteiger partial charge in [-0.25, -0.2) is 0 Å². The van der Waals surface area contributed by atoms with Crippen molar-refractivity contribution < 1.29 is 9.53 Å². The van der Waals surface area contributed by atoms with Gasteiger partial charge in [-0.1, -0.05) is 27.7 Å². The first-order valence-corrected chi connectivity index (χ1v) is 4.63. The molecule has 70 valence electrons. The van der Waals surface area contributed by atoms with E-state index < -0.39 is 0 Å². The summed E-state index contributed by atoms with van der Waals surface area (Å²) >= 11 is 0. The summed E-state index contributed by atoms with van der Waals surface area (Å²) in [6.45, 7) is 9.38. The van der Waals surface area contributed by atoms with Crippen LogP contribution in [-0.2, 0) is 9.53 Å². The van der Waals surface area contributed by atoms with Crippen LogP contribution < -0.4 is 0 Å².